The van der Waals surface area contributed by atoms with Crippen LogP contribution in [-0.2, 0) is 11.3 Å². The normalized spacial score (nSPS) is 24.9. The van der Waals surface area contributed by atoms with Gasteiger partial charge in [0, 0.05) is 37.4 Å². The van der Waals surface area contributed by atoms with Crippen molar-refractivity contribution < 1.29 is 4.79 Å². The lowest BCUT2D eigenvalue weighted by Gasteiger charge is -2.26. The molecule has 2 rings (SSSR count). The first kappa shape index (κ1) is 14.1. The minimum Gasteiger partial charge on any atom is -0.356 e. The van der Waals surface area contributed by atoms with E-state index in [0.717, 1.165) is 32.2 Å². The van der Waals surface area contributed by atoms with Gasteiger partial charge in [0.2, 0.25) is 5.91 Å². The Morgan fingerprint density at radius 1 is 1.58 bits per heavy atom. The van der Waals surface area contributed by atoms with Crippen LogP contribution in [0, 0.1) is 11.8 Å². The monoisotopic (exact) mass is 264 g/mol. The van der Waals surface area contributed by atoms with Gasteiger partial charge < -0.3 is 15.6 Å². The average Bonchev–Trinajstić information content (AvgIpc) is 2.88. The molecule has 5 nitrogen and oxygen atoms in total. The van der Waals surface area contributed by atoms with Crippen LogP contribution >= 0.6 is 0 Å². The fourth-order valence-corrected chi connectivity index (χ4v) is 2.70. The molecular weight excluding hydrogens is 240 g/mol. The summed E-state index contributed by atoms with van der Waals surface area (Å²) in [5.74, 6) is 0.687. The van der Waals surface area contributed by atoms with E-state index in [-0.39, 0.29) is 17.9 Å². The Bertz CT molecular complexity index is 390. The number of hydrogen-bond donors (Lipinski definition) is 2. The zero-order valence-corrected chi connectivity index (χ0v) is 11.6. The summed E-state index contributed by atoms with van der Waals surface area (Å²) in [5, 5.41) is 3.06. The molecule has 1 amide bonds. The maximum absolute atomic E-state index is 12.1. The van der Waals surface area contributed by atoms with Gasteiger partial charge in [-0.3, -0.25) is 4.79 Å². The van der Waals surface area contributed by atoms with Crippen LogP contribution in [0.3, 0.4) is 0 Å². The molecule has 0 bridgehead atoms. The van der Waals surface area contributed by atoms with Gasteiger partial charge in [-0.2, -0.15) is 0 Å². The molecule has 1 heterocycles. The van der Waals surface area contributed by atoms with Crippen molar-refractivity contribution in [2.24, 2.45) is 17.6 Å². The van der Waals surface area contributed by atoms with Crippen molar-refractivity contribution in [3.63, 3.8) is 0 Å². The van der Waals surface area contributed by atoms with Crippen molar-refractivity contribution in [2.45, 2.75) is 45.2 Å². The second kappa shape index (κ2) is 6.70. The van der Waals surface area contributed by atoms with Crippen LogP contribution in [0.1, 0.15) is 32.6 Å². The fourth-order valence-electron chi connectivity index (χ4n) is 2.70. The standard InChI is InChI=1S/C14H24N4O/c1-11(9-18-6-5-16-10-18)8-17-14(19)12-3-2-4-13(15)7-12/h5-6,10-13H,2-4,7-9,15H2,1H3,(H,17,19). The molecule has 1 fully saturated rings. The second-order valence-corrected chi connectivity index (χ2v) is 5.73. The summed E-state index contributed by atoms with van der Waals surface area (Å²) in [5.41, 5.74) is 5.92. The van der Waals surface area contributed by atoms with Crippen molar-refractivity contribution >= 4 is 5.91 Å². The molecular formula is C14H24N4O. The molecule has 1 aromatic rings. The number of aromatic nitrogens is 2. The molecule has 0 saturated heterocycles. The highest BCUT2D eigenvalue weighted by molar-refractivity contribution is 5.78. The van der Waals surface area contributed by atoms with Gasteiger partial charge in [-0.1, -0.05) is 13.3 Å². The Labute approximate surface area is 114 Å². The number of nitrogens with one attached hydrogen (secondary N) is 1. The lowest BCUT2D eigenvalue weighted by atomic mass is 9.85. The number of hydrogen-bond acceptors (Lipinski definition) is 3. The van der Waals surface area contributed by atoms with Crippen molar-refractivity contribution in [3.05, 3.63) is 18.7 Å². The van der Waals surface area contributed by atoms with Crippen LogP contribution in [0.15, 0.2) is 18.7 Å². The van der Waals surface area contributed by atoms with Gasteiger partial charge in [0.25, 0.3) is 0 Å². The Balaban J connectivity index is 1.70. The van der Waals surface area contributed by atoms with Crippen LogP contribution in [0.25, 0.3) is 0 Å². The lowest BCUT2D eigenvalue weighted by Crippen LogP contribution is -2.39. The third-order valence-corrected chi connectivity index (χ3v) is 3.79. The molecule has 3 unspecified atom stereocenters. The maximum atomic E-state index is 12.1. The molecule has 3 atom stereocenters. The van der Waals surface area contributed by atoms with Gasteiger partial charge >= 0.3 is 0 Å². The number of carbonyl (C=O) groups excluding carboxylic acids is 1. The van der Waals surface area contributed by atoms with Crippen LogP contribution in [-0.4, -0.2) is 28.0 Å². The van der Waals surface area contributed by atoms with Gasteiger partial charge in [0.15, 0.2) is 0 Å². The minimum absolute atomic E-state index is 0.115. The minimum atomic E-state index is 0.115. The molecule has 106 valence electrons. The van der Waals surface area contributed by atoms with E-state index in [1.54, 1.807) is 12.5 Å². The number of nitrogens with zero attached hydrogens (tertiary/aromatic N) is 2. The Hall–Kier alpha value is -1.36. The fraction of sp³-hybridized carbons (Fsp3) is 0.714. The third-order valence-electron chi connectivity index (χ3n) is 3.79. The number of amides is 1. The van der Waals surface area contributed by atoms with E-state index in [2.05, 4.69) is 17.2 Å². The van der Waals surface area contributed by atoms with Crippen LogP contribution < -0.4 is 11.1 Å². The zero-order chi connectivity index (χ0) is 13.7. The molecule has 0 aromatic carbocycles. The largest absolute Gasteiger partial charge is 0.356 e. The predicted octanol–water partition coefficient (Wildman–Crippen LogP) is 1.15. The molecule has 5 heteroatoms. The molecule has 1 aliphatic carbocycles. The molecule has 19 heavy (non-hydrogen) atoms. The lowest BCUT2D eigenvalue weighted by molar-refractivity contribution is -0.126. The van der Waals surface area contributed by atoms with E-state index in [1.165, 1.54) is 0 Å². The first-order chi connectivity index (χ1) is 9.15. The van der Waals surface area contributed by atoms with Gasteiger partial charge in [0.1, 0.15) is 0 Å². The van der Waals surface area contributed by atoms with Crippen molar-refractivity contribution in [3.8, 4) is 0 Å². The molecule has 1 aromatic heterocycles. The van der Waals surface area contributed by atoms with Gasteiger partial charge in [-0.15, -0.1) is 0 Å². The summed E-state index contributed by atoms with van der Waals surface area (Å²) in [6.07, 6.45) is 9.47. The summed E-state index contributed by atoms with van der Waals surface area (Å²) in [6, 6.07) is 0.202. The highest BCUT2D eigenvalue weighted by atomic mass is 16.1. The molecule has 3 N–H and O–H groups in total. The number of rotatable bonds is 5. The highest BCUT2D eigenvalue weighted by Gasteiger charge is 2.25. The van der Waals surface area contributed by atoms with Crippen LogP contribution in [0.2, 0.25) is 0 Å². The number of nitrogens with two attached hydrogens (primary N) is 1. The number of imidazole rings is 1. The SMILES string of the molecule is CC(CNC(=O)C1CCCC(N)C1)Cn1ccnc1. The summed E-state index contributed by atoms with van der Waals surface area (Å²) in [4.78, 5) is 16.1. The van der Waals surface area contributed by atoms with E-state index in [4.69, 9.17) is 5.73 Å². The van der Waals surface area contributed by atoms with E-state index < -0.39 is 0 Å². The third kappa shape index (κ3) is 4.35. The van der Waals surface area contributed by atoms with Gasteiger partial charge in [0.05, 0.1) is 6.33 Å². The van der Waals surface area contributed by atoms with Crippen molar-refractivity contribution in [1.29, 1.82) is 0 Å². The smallest absolute Gasteiger partial charge is 0.223 e. The maximum Gasteiger partial charge on any atom is 0.223 e. The van der Waals surface area contributed by atoms with E-state index in [1.807, 2.05) is 10.8 Å². The molecule has 1 saturated carbocycles. The average molecular weight is 264 g/mol. The van der Waals surface area contributed by atoms with E-state index >= 15 is 0 Å². The molecule has 1 aliphatic rings. The predicted molar refractivity (Wildman–Crippen MR) is 74.3 cm³/mol. The first-order valence-electron chi connectivity index (χ1n) is 7.14. The first-order valence-corrected chi connectivity index (χ1v) is 7.14. The van der Waals surface area contributed by atoms with Crippen molar-refractivity contribution in [1.82, 2.24) is 14.9 Å². The molecule has 0 spiro atoms. The van der Waals surface area contributed by atoms with Crippen molar-refractivity contribution in [2.75, 3.05) is 6.54 Å². The molecule has 0 aliphatic heterocycles. The van der Waals surface area contributed by atoms with Gasteiger partial charge in [-0.25, -0.2) is 4.98 Å². The number of carbonyl (C=O) groups is 1. The van der Waals surface area contributed by atoms with Crippen LogP contribution in [0.4, 0.5) is 0 Å². The second-order valence-electron chi connectivity index (χ2n) is 5.73. The van der Waals surface area contributed by atoms with Gasteiger partial charge in [-0.05, 0) is 25.2 Å². The zero-order valence-electron chi connectivity index (χ0n) is 11.6. The summed E-state index contributed by atoms with van der Waals surface area (Å²) >= 11 is 0. The molecule has 0 radical (unpaired) electrons. The quantitative estimate of drug-likeness (QED) is 0.838. The Kier molecular flexibility index (Phi) is 4.96. The highest BCUT2D eigenvalue weighted by Crippen LogP contribution is 2.23. The summed E-state index contributed by atoms with van der Waals surface area (Å²) in [6.45, 7) is 3.72. The summed E-state index contributed by atoms with van der Waals surface area (Å²) in [7, 11) is 0. The Morgan fingerprint density at radius 3 is 3.11 bits per heavy atom. The topological polar surface area (TPSA) is 72.9 Å². The van der Waals surface area contributed by atoms with Crippen LogP contribution in [0.5, 0.6) is 0 Å². The Morgan fingerprint density at radius 2 is 2.42 bits per heavy atom. The van der Waals surface area contributed by atoms with E-state index in [0.29, 0.717) is 12.5 Å². The summed E-state index contributed by atoms with van der Waals surface area (Å²) < 4.78 is 2.04. The van der Waals surface area contributed by atoms with E-state index in [9.17, 15) is 4.79 Å².